The molecule has 0 aliphatic rings. The molecule has 0 fully saturated rings. The first-order valence-electron chi connectivity index (χ1n) is 6.62. The normalized spacial score (nSPS) is 11.0. The van der Waals surface area contributed by atoms with Crippen LogP contribution in [0.15, 0.2) is 9.95 Å². The van der Waals surface area contributed by atoms with Crippen molar-refractivity contribution < 1.29 is 0 Å². The zero-order valence-corrected chi connectivity index (χ0v) is 13.0. The molecule has 0 saturated carbocycles. The Bertz CT molecular complexity index is 661. The minimum Gasteiger partial charge on any atom is -0.315 e. The van der Waals surface area contributed by atoms with Crippen molar-refractivity contribution in [1.29, 1.82) is 0 Å². The maximum Gasteiger partial charge on any atom is 0.254 e. The van der Waals surface area contributed by atoms with Gasteiger partial charge in [0.25, 0.3) is 5.56 Å². The van der Waals surface area contributed by atoms with Gasteiger partial charge in [-0.3, -0.25) is 4.79 Å². The van der Waals surface area contributed by atoms with Crippen LogP contribution in [0.3, 0.4) is 0 Å². The molecule has 7 heteroatoms. The molecule has 0 aromatic carbocycles. The van der Waals surface area contributed by atoms with E-state index in [9.17, 15) is 4.79 Å². The third-order valence-corrected chi connectivity index (χ3v) is 4.04. The molecule has 0 aliphatic heterocycles. The van der Waals surface area contributed by atoms with Gasteiger partial charge in [-0.05, 0) is 27.2 Å². The molecule has 108 valence electrons. The molecule has 0 aliphatic carbocycles. The second-order valence-electron chi connectivity index (χ2n) is 4.69. The fourth-order valence-electron chi connectivity index (χ4n) is 1.87. The molecule has 0 radical (unpaired) electrons. The molecule has 0 bridgehead atoms. The first-order chi connectivity index (χ1) is 9.52. The molecule has 0 unspecified atom stereocenters. The average Bonchev–Trinajstić information content (AvgIpc) is 2.75. The lowest BCUT2D eigenvalue weighted by atomic mass is 10.3. The molecule has 6 nitrogen and oxygen atoms in total. The van der Waals surface area contributed by atoms with E-state index in [1.54, 1.807) is 6.92 Å². The minimum atomic E-state index is -0.0776. The highest BCUT2D eigenvalue weighted by atomic mass is 32.2. The van der Waals surface area contributed by atoms with E-state index in [4.69, 9.17) is 0 Å². The van der Waals surface area contributed by atoms with Crippen LogP contribution >= 0.6 is 11.8 Å². The van der Waals surface area contributed by atoms with Crippen molar-refractivity contribution in [1.82, 2.24) is 24.7 Å². The molecule has 2 rings (SSSR count). The highest BCUT2D eigenvalue weighted by Crippen LogP contribution is 2.18. The second kappa shape index (κ2) is 6.21. The lowest BCUT2D eigenvalue weighted by molar-refractivity contribution is 0.636. The van der Waals surface area contributed by atoms with E-state index in [0.29, 0.717) is 16.5 Å². The Morgan fingerprint density at radius 1 is 1.25 bits per heavy atom. The van der Waals surface area contributed by atoms with Gasteiger partial charge in [-0.2, -0.15) is 0 Å². The minimum absolute atomic E-state index is 0.0776. The Kier molecular flexibility index (Phi) is 4.59. The van der Waals surface area contributed by atoms with Crippen molar-refractivity contribution in [2.24, 2.45) is 0 Å². The lowest BCUT2D eigenvalue weighted by Gasteiger charge is -2.07. The monoisotopic (exact) mass is 293 g/mol. The fourth-order valence-corrected chi connectivity index (χ4v) is 2.71. The zero-order chi connectivity index (χ0) is 14.7. The van der Waals surface area contributed by atoms with Crippen molar-refractivity contribution >= 4 is 11.8 Å². The molecule has 0 spiro atoms. The molecule has 0 saturated heterocycles. The molecule has 20 heavy (non-hydrogen) atoms. The van der Waals surface area contributed by atoms with Crippen LogP contribution in [0, 0.1) is 20.8 Å². The smallest absolute Gasteiger partial charge is 0.254 e. The van der Waals surface area contributed by atoms with Crippen molar-refractivity contribution in [3.63, 3.8) is 0 Å². The topological polar surface area (TPSA) is 76.5 Å². The number of H-pyrrole nitrogens is 1. The van der Waals surface area contributed by atoms with E-state index < -0.39 is 0 Å². The van der Waals surface area contributed by atoms with Gasteiger partial charge in [-0.15, -0.1) is 10.2 Å². The number of thioether (sulfide) groups is 1. The van der Waals surface area contributed by atoms with Crippen LogP contribution in [-0.4, -0.2) is 24.7 Å². The van der Waals surface area contributed by atoms with Crippen molar-refractivity contribution in [2.75, 3.05) is 0 Å². The number of aromatic amines is 1. The van der Waals surface area contributed by atoms with E-state index in [2.05, 4.69) is 31.7 Å². The molecular formula is C13H19N5OS. The summed E-state index contributed by atoms with van der Waals surface area (Å²) in [4.78, 5) is 18.9. The fraction of sp³-hybridized carbons (Fsp3) is 0.538. The largest absolute Gasteiger partial charge is 0.315 e. The number of hydrogen-bond acceptors (Lipinski definition) is 5. The average molecular weight is 293 g/mol. The molecule has 2 aromatic rings. The summed E-state index contributed by atoms with van der Waals surface area (Å²) in [5.41, 5.74) is 1.35. The highest BCUT2D eigenvalue weighted by Gasteiger charge is 2.10. The van der Waals surface area contributed by atoms with E-state index >= 15 is 0 Å². The molecule has 0 atom stereocenters. The summed E-state index contributed by atoms with van der Waals surface area (Å²) in [6.07, 6.45) is 1.04. The quantitative estimate of drug-likeness (QED) is 0.674. The maximum absolute atomic E-state index is 11.7. The number of aromatic nitrogens is 5. The van der Waals surface area contributed by atoms with E-state index in [1.807, 2.05) is 13.8 Å². The second-order valence-corrected chi connectivity index (χ2v) is 5.65. The van der Waals surface area contributed by atoms with Crippen LogP contribution in [0.1, 0.15) is 36.3 Å². The van der Waals surface area contributed by atoms with Crippen LogP contribution in [-0.2, 0) is 12.3 Å². The van der Waals surface area contributed by atoms with Gasteiger partial charge in [-0.1, -0.05) is 18.7 Å². The zero-order valence-electron chi connectivity index (χ0n) is 12.2. The Labute approximate surface area is 122 Å². The maximum atomic E-state index is 11.7. The summed E-state index contributed by atoms with van der Waals surface area (Å²) in [6, 6.07) is 0. The Balaban J connectivity index is 2.15. The van der Waals surface area contributed by atoms with Crippen molar-refractivity contribution in [3.05, 3.63) is 33.3 Å². The standard InChI is InChI=1S/C13H19N5OS/c1-5-6-18-10(4)16-17-11(18)7-20-13-14-9(3)8(2)12(19)15-13/h5-7H2,1-4H3,(H,14,15,19). The molecule has 2 heterocycles. The van der Waals surface area contributed by atoms with Gasteiger partial charge in [0, 0.05) is 17.8 Å². The van der Waals surface area contributed by atoms with E-state index in [1.165, 1.54) is 11.8 Å². The van der Waals surface area contributed by atoms with Crippen LogP contribution < -0.4 is 5.56 Å². The number of hydrogen-bond donors (Lipinski definition) is 1. The van der Waals surface area contributed by atoms with Gasteiger partial charge < -0.3 is 9.55 Å². The Morgan fingerprint density at radius 2 is 2.00 bits per heavy atom. The predicted octanol–water partition coefficient (Wildman–Crippen LogP) is 1.99. The predicted molar refractivity (Wildman–Crippen MR) is 78.9 cm³/mol. The summed E-state index contributed by atoms with van der Waals surface area (Å²) < 4.78 is 2.10. The van der Waals surface area contributed by atoms with E-state index in [-0.39, 0.29) is 5.56 Å². The summed E-state index contributed by atoms with van der Waals surface area (Å²) in [7, 11) is 0. The van der Waals surface area contributed by atoms with Gasteiger partial charge in [0.05, 0.1) is 5.75 Å². The Morgan fingerprint density at radius 3 is 2.65 bits per heavy atom. The van der Waals surface area contributed by atoms with Gasteiger partial charge in [-0.25, -0.2) is 4.98 Å². The highest BCUT2D eigenvalue weighted by molar-refractivity contribution is 7.98. The molecule has 2 aromatic heterocycles. The summed E-state index contributed by atoms with van der Waals surface area (Å²) in [6.45, 7) is 8.60. The first-order valence-corrected chi connectivity index (χ1v) is 7.60. The summed E-state index contributed by atoms with van der Waals surface area (Å²) >= 11 is 1.47. The summed E-state index contributed by atoms with van der Waals surface area (Å²) in [5, 5.41) is 8.91. The molecular weight excluding hydrogens is 274 g/mol. The number of aryl methyl sites for hydroxylation is 2. The van der Waals surface area contributed by atoms with Crippen molar-refractivity contribution in [2.45, 2.75) is 51.6 Å². The third kappa shape index (κ3) is 3.09. The van der Waals surface area contributed by atoms with Gasteiger partial charge in [0.15, 0.2) is 5.16 Å². The van der Waals surface area contributed by atoms with E-state index in [0.717, 1.165) is 30.3 Å². The number of nitrogens with one attached hydrogen (secondary N) is 1. The Hall–Kier alpha value is -1.63. The number of rotatable bonds is 5. The van der Waals surface area contributed by atoms with Crippen LogP contribution in [0.2, 0.25) is 0 Å². The van der Waals surface area contributed by atoms with Crippen molar-refractivity contribution in [3.8, 4) is 0 Å². The molecule has 1 N–H and O–H groups in total. The van der Waals surface area contributed by atoms with Crippen LogP contribution in [0.5, 0.6) is 0 Å². The van der Waals surface area contributed by atoms with Crippen LogP contribution in [0.25, 0.3) is 0 Å². The SMILES string of the molecule is CCCn1c(C)nnc1CSc1nc(C)c(C)c(=O)[nH]1. The van der Waals surface area contributed by atoms with Gasteiger partial charge >= 0.3 is 0 Å². The van der Waals surface area contributed by atoms with Gasteiger partial charge in [0.2, 0.25) is 0 Å². The molecule has 0 amide bonds. The van der Waals surface area contributed by atoms with Gasteiger partial charge in [0.1, 0.15) is 11.6 Å². The summed E-state index contributed by atoms with van der Waals surface area (Å²) in [5.74, 6) is 2.48. The first kappa shape index (κ1) is 14.8. The third-order valence-electron chi connectivity index (χ3n) is 3.17. The van der Waals surface area contributed by atoms with Crippen LogP contribution in [0.4, 0.5) is 0 Å². The number of nitrogens with zero attached hydrogens (tertiary/aromatic N) is 4. The lowest BCUT2D eigenvalue weighted by Crippen LogP contribution is -2.14.